The van der Waals surface area contributed by atoms with Gasteiger partial charge in [0.15, 0.2) is 0 Å². The maximum atomic E-state index is 11.9. The molecule has 0 radical (unpaired) electrons. The van der Waals surface area contributed by atoms with Crippen molar-refractivity contribution in [2.75, 3.05) is 0 Å². The smallest absolute Gasteiger partial charge is 0.312 e. The predicted octanol–water partition coefficient (Wildman–Crippen LogP) is 2.29. The third kappa shape index (κ3) is 2.56. The second kappa shape index (κ2) is 5.73. The first-order valence-electron chi connectivity index (χ1n) is 6.88. The highest BCUT2D eigenvalue weighted by atomic mass is 16.2. The second-order valence-electron chi connectivity index (χ2n) is 4.97. The van der Waals surface area contributed by atoms with Crippen LogP contribution in [0.3, 0.4) is 0 Å². The van der Waals surface area contributed by atoms with Crippen LogP contribution >= 0.6 is 0 Å². The molecule has 1 atom stereocenters. The zero-order valence-electron chi connectivity index (χ0n) is 11.7. The molecule has 0 saturated carbocycles. The van der Waals surface area contributed by atoms with Crippen molar-refractivity contribution in [2.24, 2.45) is 5.73 Å². The fourth-order valence-corrected chi connectivity index (χ4v) is 2.60. The maximum absolute atomic E-state index is 11.9. The highest BCUT2D eigenvalue weighted by molar-refractivity contribution is 5.86. The number of primary amides is 1. The molecule has 110 valence electrons. The highest BCUT2D eigenvalue weighted by Gasteiger charge is 2.18. The molecule has 1 heterocycles. The summed E-state index contributed by atoms with van der Waals surface area (Å²) in [6.07, 6.45) is 1.62. The van der Waals surface area contributed by atoms with Crippen molar-refractivity contribution in [1.29, 1.82) is 0 Å². The minimum Gasteiger partial charge on any atom is -0.352 e. The number of rotatable bonds is 3. The Labute approximate surface area is 126 Å². The number of fused-ring (bicyclic) bond motifs is 1. The van der Waals surface area contributed by atoms with Gasteiger partial charge < -0.3 is 16.0 Å². The quantitative estimate of drug-likeness (QED) is 0.691. The van der Waals surface area contributed by atoms with E-state index in [0.29, 0.717) is 5.39 Å². The number of nitrogens with two attached hydrogens (primary N) is 1. The van der Waals surface area contributed by atoms with E-state index >= 15 is 0 Å². The SMILES string of the molecule is NC(=O)NC(c1ccccc1)c1c[nH]c(=O)c2ccccc12. The molecule has 0 aliphatic carbocycles. The zero-order valence-corrected chi connectivity index (χ0v) is 11.7. The van der Waals surface area contributed by atoms with Crippen molar-refractivity contribution < 1.29 is 4.79 Å². The lowest BCUT2D eigenvalue weighted by atomic mass is 9.96. The average Bonchev–Trinajstić information content (AvgIpc) is 2.54. The first kappa shape index (κ1) is 13.9. The van der Waals surface area contributed by atoms with E-state index in [2.05, 4.69) is 10.3 Å². The first-order chi connectivity index (χ1) is 10.7. The number of aromatic amines is 1. The number of H-pyrrole nitrogens is 1. The number of aromatic nitrogens is 1. The standard InChI is InChI=1S/C17H15N3O2/c18-17(22)20-15(11-6-2-1-3-7-11)14-10-19-16(21)13-9-5-4-8-12(13)14/h1-10,15H,(H,19,21)(H3,18,20,22). The molecule has 2 aromatic carbocycles. The van der Waals surface area contributed by atoms with E-state index in [-0.39, 0.29) is 5.56 Å². The van der Waals surface area contributed by atoms with E-state index in [1.807, 2.05) is 42.5 Å². The first-order valence-corrected chi connectivity index (χ1v) is 6.88. The van der Waals surface area contributed by atoms with E-state index in [4.69, 9.17) is 5.73 Å². The molecule has 0 aliphatic heterocycles. The van der Waals surface area contributed by atoms with Gasteiger partial charge in [-0.05, 0) is 17.0 Å². The van der Waals surface area contributed by atoms with Crippen LogP contribution in [0.4, 0.5) is 4.79 Å². The van der Waals surface area contributed by atoms with Crippen molar-refractivity contribution in [1.82, 2.24) is 10.3 Å². The molecule has 0 bridgehead atoms. The third-order valence-corrected chi connectivity index (χ3v) is 3.57. The number of hydrogen-bond donors (Lipinski definition) is 3. The van der Waals surface area contributed by atoms with Gasteiger partial charge in [-0.15, -0.1) is 0 Å². The topological polar surface area (TPSA) is 88.0 Å². The second-order valence-corrected chi connectivity index (χ2v) is 4.97. The molecule has 5 nitrogen and oxygen atoms in total. The Morgan fingerprint density at radius 3 is 2.32 bits per heavy atom. The van der Waals surface area contributed by atoms with Gasteiger partial charge in [-0.1, -0.05) is 48.5 Å². The summed E-state index contributed by atoms with van der Waals surface area (Å²) in [6.45, 7) is 0. The summed E-state index contributed by atoms with van der Waals surface area (Å²) >= 11 is 0. The largest absolute Gasteiger partial charge is 0.352 e. The summed E-state index contributed by atoms with van der Waals surface area (Å²) in [7, 11) is 0. The van der Waals surface area contributed by atoms with Crippen LogP contribution in [0.2, 0.25) is 0 Å². The minimum absolute atomic E-state index is 0.162. The van der Waals surface area contributed by atoms with Crippen LogP contribution in [0.5, 0.6) is 0 Å². The van der Waals surface area contributed by atoms with Crippen molar-refractivity contribution >= 4 is 16.8 Å². The van der Waals surface area contributed by atoms with Gasteiger partial charge in [0.1, 0.15) is 0 Å². The Morgan fingerprint density at radius 2 is 1.64 bits per heavy atom. The molecule has 4 N–H and O–H groups in total. The van der Waals surface area contributed by atoms with Gasteiger partial charge in [0, 0.05) is 17.1 Å². The van der Waals surface area contributed by atoms with Gasteiger partial charge in [0.25, 0.3) is 5.56 Å². The number of nitrogens with one attached hydrogen (secondary N) is 2. The van der Waals surface area contributed by atoms with Crippen LogP contribution in [-0.4, -0.2) is 11.0 Å². The lowest BCUT2D eigenvalue weighted by Crippen LogP contribution is -2.34. The van der Waals surface area contributed by atoms with Gasteiger partial charge in [0.2, 0.25) is 0 Å². The van der Waals surface area contributed by atoms with Gasteiger partial charge >= 0.3 is 6.03 Å². The maximum Gasteiger partial charge on any atom is 0.312 e. The molecule has 22 heavy (non-hydrogen) atoms. The number of amides is 2. The van der Waals surface area contributed by atoms with Gasteiger partial charge in [-0.25, -0.2) is 4.79 Å². The van der Waals surface area contributed by atoms with E-state index in [1.54, 1.807) is 18.3 Å². The summed E-state index contributed by atoms with van der Waals surface area (Å²) in [5, 5.41) is 4.10. The summed E-state index contributed by atoms with van der Waals surface area (Å²) in [5.74, 6) is 0. The Bertz CT molecular complexity index is 872. The fraction of sp³-hybridized carbons (Fsp3) is 0.0588. The average molecular weight is 293 g/mol. The van der Waals surface area contributed by atoms with Crippen molar-refractivity contribution in [2.45, 2.75) is 6.04 Å². The number of carbonyl (C=O) groups is 1. The molecular formula is C17H15N3O2. The summed E-state index contributed by atoms with van der Waals surface area (Å²) < 4.78 is 0. The van der Waals surface area contributed by atoms with E-state index < -0.39 is 12.1 Å². The number of urea groups is 1. The third-order valence-electron chi connectivity index (χ3n) is 3.57. The molecular weight excluding hydrogens is 278 g/mol. The lowest BCUT2D eigenvalue weighted by Gasteiger charge is -2.20. The Hall–Kier alpha value is -3.08. The van der Waals surface area contributed by atoms with Crippen molar-refractivity contribution in [3.05, 3.63) is 82.3 Å². The van der Waals surface area contributed by atoms with Crippen LogP contribution in [0.1, 0.15) is 17.2 Å². The van der Waals surface area contributed by atoms with E-state index in [9.17, 15) is 9.59 Å². The molecule has 3 aromatic rings. The minimum atomic E-state index is -0.621. The summed E-state index contributed by atoms with van der Waals surface area (Å²) in [5.41, 5.74) is 6.84. The molecule has 3 rings (SSSR count). The number of carbonyl (C=O) groups excluding carboxylic acids is 1. The molecule has 1 unspecified atom stereocenters. The summed E-state index contributed by atoms with van der Waals surface area (Å²) in [4.78, 5) is 26.1. The number of hydrogen-bond acceptors (Lipinski definition) is 2. The van der Waals surface area contributed by atoms with Gasteiger partial charge in [-0.3, -0.25) is 4.79 Å². The lowest BCUT2D eigenvalue weighted by molar-refractivity contribution is 0.247. The van der Waals surface area contributed by atoms with Crippen LogP contribution in [-0.2, 0) is 0 Å². The molecule has 2 amide bonds. The molecule has 1 aromatic heterocycles. The predicted molar refractivity (Wildman–Crippen MR) is 85.6 cm³/mol. The molecule has 0 fully saturated rings. The van der Waals surface area contributed by atoms with Crippen molar-refractivity contribution in [3.63, 3.8) is 0 Å². The Kier molecular flexibility index (Phi) is 3.62. The van der Waals surface area contributed by atoms with E-state index in [1.165, 1.54) is 0 Å². The van der Waals surface area contributed by atoms with Crippen LogP contribution < -0.4 is 16.6 Å². The monoisotopic (exact) mass is 293 g/mol. The highest BCUT2D eigenvalue weighted by Crippen LogP contribution is 2.26. The Balaban J connectivity index is 2.23. The summed E-state index contributed by atoms with van der Waals surface area (Å²) in [6, 6.07) is 15.7. The molecule has 0 aliphatic rings. The number of pyridine rings is 1. The fourth-order valence-electron chi connectivity index (χ4n) is 2.60. The Morgan fingerprint density at radius 1 is 1.00 bits per heavy atom. The normalized spacial score (nSPS) is 12.0. The van der Waals surface area contributed by atoms with Crippen LogP contribution in [0, 0.1) is 0 Å². The number of benzene rings is 2. The van der Waals surface area contributed by atoms with Crippen molar-refractivity contribution in [3.8, 4) is 0 Å². The van der Waals surface area contributed by atoms with Gasteiger partial charge in [0.05, 0.1) is 6.04 Å². The van der Waals surface area contributed by atoms with Crippen LogP contribution in [0.25, 0.3) is 10.8 Å². The van der Waals surface area contributed by atoms with Crippen LogP contribution in [0.15, 0.2) is 65.6 Å². The van der Waals surface area contributed by atoms with Gasteiger partial charge in [-0.2, -0.15) is 0 Å². The molecule has 0 saturated heterocycles. The van der Waals surface area contributed by atoms with E-state index in [0.717, 1.165) is 16.5 Å². The molecule has 0 spiro atoms. The zero-order chi connectivity index (χ0) is 15.5. The molecule has 5 heteroatoms.